The standard InChI is InChI=1S/C18H23N3O5S/c1-10-9-11(2)13(4)16(12(10)3)27(24,25)21-14(5)17(22)19-20-18(23)15-7-6-8-26-15/h6-9,14,21H,1-5H3,(H,19,22)(H,20,23)/t14-/m0/s1. The topological polar surface area (TPSA) is 118 Å². The summed E-state index contributed by atoms with van der Waals surface area (Å²) in [5, 5.41) is 0. The van der Waals surface area contributed by atoms with Crippen molar-refractivity contribution < 1.29 is 22.4 Å². The molecule has 2 aromatic rings. The third-order valence-electron chi connectivity index (χ3n) is 4.34. The molecule has 1 atom stereocenters. The molecule has 0 aliphatic carbocycles. The van der Waals surface area contributed by atoms with Gasteiger partial charge in [0, 0.05) is 0 Å². The Hall–Kier alpha value is -2.65. The highest BCUT2D eigenvalue weighted by Crippen LogP contribution is 2.26. The molecule has 0 radical (unpaired) electrons. The van der Waals surface area contributed by atoms with Crippen LogP contribution in [0, 0.1) is 27.7 Å². The van der Waals surface area contributed by atoms with Crippen LogP contribution < -0.4 is 15.6 Å². The minimum atomic E-state index is -3.93. The van der Waals surface area contributed by atoms with E-state index in [4.69, 9.17) is 4.42 Å². The molecule has 8 nitrogen and oxygen atoms in total. The fourth-order valence-corrected chi connectivity index (χ4v) is 4.44. The Morgan fingerprint density at radius 2 is 1.63 bits per heavy atom. The van der Waals surface area contributed by atoms with Gasteiger partial charge in [-0.2, -0.15) is 4.72 Å². The lowest BCUT2D eigenvalue weighted by Gasteiger charge is -2.19. The molecule has 0 bridgehead atoms. The Morgan fingerprint density at radius 3 is 2.15 bits per heavy atom. The Balaban J connectivity index is 2.11. The van der Waals surface area contributed by atoms with Crippen LogP contribution in [-0.2, 0) is 14.8 Å². The van der Waals surface area contributed by atoms with Gasteiger partial charge in [0.25, 0.3) is 5.91 Å². The van der Waals surface area contributed by atoms with Crippen molar-refractivity contribution in [2.45, 2.75) is 45.6 Å². The lowest BCUT2D eigenvalue weighted by atomic mass is 10.0. The van der Waals surface area contributed by atoms with E-state index in [9.17, 15) is 18.0 Å². The minimum absolute atomic E-state index is 0.0185. The van der Waals surface area contributed by atoms with Gasteiger partial charge in [0.2, 0.25) is 10.0 Å². The van der Waals surface area contributed by atoms with Gasteiger partial charge in [0.1, 0.15) is 0 Å². The van der Waals surface area contributed by atoms with E-state index < -0.39 is 27.9 Å². The molecule has 0 fully saturated rings. The number of furan rings is 1. The van der Waals surface area contributed by atoms with Crippen molar-refractivity contribution in [3.63, 3.8) is 0 Å². The van der Waals surface area contributed by atoms with Crippen molar-refractivity contribution in [1.29, 1.82) is 0 Å². The zero-order valence-electron chi connectivity index (χ0n) is 15.8. The normalized spacial score (nSPS) is 12.5. The van der Waals surface area contributed by atoms with E-state index in [-0.39, 0.29) is 10.7 Å². The number of nitrogens with one attached hydrogen (secondary N) is 3. The second kappa shape index (κ2) is 7.93. The Labute approximate surface area is 158 Å². The number of benzene rings is 1. The van der Waals surface area contributed by atoms with Crippen LogP contribution in [0.3, 0.4) is 0 Å². The number of hydrazine groups is 1. The molecule has 1 heterocycles. The Morgan fingerprint density at radius 1 is 1.04 bits per heavy atom. The van der Waals surface area contributed by atoms with Crippen molar-refractivity contribution in [3.8, 4) is 0 Å². The average Bonchev–Trinajstić information content (AvgIpc) is 3.11. The van der Waals surface area contributed by atoms with E-state index in [1.54, 1.807) is 13.8 Å². The maximum absolute atomic E-state index is 12.8. The third-order valence-corrected chi connectivity index (χ3v) is 6.15. The molecule has 2 rings (SSSR count). The number of carbonyl (C=O) groups excluding carboxylic acids is 2. The minimum Gasteiger partial charge on any atom is -0.459 e. The molecule has 0 aliphatic heterocycles. The molecule has 27 heavy (non-hydrogen) atoms. The summed E-state index contributed by atoms with van der Waals surface area (Å²) >= 11 is 0. The van der Waals surface area contributed by atoms with E-state index in [1.165, 1.54) is 25.3 Å². The summed E-state index contributed by atoms with van der Waals surface area (Å²) < 4.78 is 32.9. The van der Waals surface area contributed by atoms with Gasteiger partial charge in [0.15, 0.2) is 5.76 Å². The zero-order valence-corrected chi connectivity index (χ0v) is 16.7. The van der Waals surface area contributed by atoms with Crippen molar-refractivity contribution in [1.82, 2.24) is 15.6 Å². The second-order valence-electron chi connectivity index (χ2n) is 6.35. The molecule has 3 N–H and O–H groups in total. The van der Waals surface area contributed by atoms with E-state index in [0.29, 0.717) is 11.1 Å². The van der Waals surface area contributed by atoms with Gasteiger partial charge in [-0.3, -0.25) is 20.4 Å². The first kappa shape index (κ1) is 20.7. The lowest BCUT2D eigenvalue weighted by molar-refractivity contribution is -0.123. The molecule has 0 unspecified atom stereocenters. The summed E-state index contributed by atoms with van der Waals surface area (Å²) in [5.74, 6) is -1.34. The van der Waals surface area contributed by atoms with E-state index >= 15 is 0 Å². The van der Waals surface area contributed by atoms with Gasteiger partial charge in [-0.15, -0.1) is 0 Å². The fraction of sp³-hybridized carbons (Fsp3) is 0.333. The van der Waals surface area contributed by atoms with Gasteiger partial charge < -0.3 is 4.42 Å². The van der Waals surface area contributed by atoms with Gasteiger partial charge in [0.05, 0.1) is 17.2 Å². The molecular formula is C18H23N3O5S. The summed E-state index contributed by atoms with van der Waals surface area (Å²) in [4.78, 5) is 24.1. The highest BCUT2D eigenvalue weighted by atomic mass is 32.2. The van der Waals surface area contributed by atoms with Crippen LogP contribution in [-0.4, -0.2) is 26.3 Å². The van der Waals surface area contributed by atoms with Crippen molar-refractivity contribution in [2.75, 3.05) is 0 Å². The van der Waals surface area contributed by atoms with Crippen LogP contribution in [0.25, 0.3) is 0 Å². The molecule has 2 amide bonds. The van der Waals surface area contributed by atoms with Gasteiger partial charge >= 0.3 is 5.91 Å². The van der Waals surface area contributed by atoms with E-state index in [0.717, 1.165) is 11.1 Å². The maximum atomic E-state index is 12.8. The maximum Gasteiger partial charge on any atom is 0.305 e. The molecular weight excluding hydrogens is 370 g/mol. The first-order valence-corrected chi connectivity index (χ1v) is 9.76. The number of rotatable bonds is 5. The molecule has 0 aliphatic rings. The number of hydrogen-bond donors (Lipinski definition) is 3. The summed E-state index contributed by atoms with van der Waals surface area (Å²) in [7, 11) is -3.93. The molecule has 1 aromatic heterocycles. The fourth-order valence-electron chi connectivity index (χ4n) is 2.62. The SMILES string of the molecule is Cc1cc(C)c(C)c(S(=O)(=O)N[C@@H](C)C(=O)NNC(=O)c2ccco2)c1C. The zero-order chi connectivity index (χ0) is 20.4. The van der Waals surface area contributed by atoms with Crippen molar-refractivity contribution >= 4 is 21.8 Å². The average molecular weight is 393 g/mol. The van der Waals surface area contributed by atoms with E-state index in [1.807, 2.05) is 19.9 Å². The van der Waals surface area contributed by atoms with Crippen LogP contribution in [0.4, 0.5) is 0 Å². The number of carbonyl (C=O) groups is 2. The second-order valence-corrected chi connectivity index (χ2v) is 8.00. The molecule has 0 saturated carbocycles. The van der Waals surface area contributed by atoms with Crippen LogP contribution in [0.2, 0.25) is 0 Å². The monoisotopic (exact) mass is 393 g/mol. The van der Waals surface area contributed by atoms with Crippen LogP contribution >= 0.6 is 0 Å². The number of aryl methyl sites for hydroxylation is 2. The summed E-state index contributed by atoms with van der Waals surface area (Å²) in [6.07, 6.45) is 1.32. The largest absolute Gasteiger partial charge is 0.459 e. The molecule has 9 heteroatoms. The summed E-state index contributed by atoms with van der Waals surface area (Å²) in [6.45, 7) is 8.51. The molecule has 146 valence electrons. The van der Waals surface area contributed by atoms with Crippen LogP contribution in [0.5, 0.6) is 0 Å². The molecule has 1 aromatic carbocycles. The predicted octanol–water partition coefficient (Wildman–Crippen LogP) is 1.64. The summed E-state index contributed by atoms with van der Waals surface area (Å²) in [6, 6.07) is 3.78. The Kier molecular flexibility index (Phi) is 6.07. The smallest absolute Gasteiger partial charge is 0.305 e. The Bertz CT molecular complexity index is 939. The highest BCUT2D eigenvalue weighted by molar-refractivity contribution is 7.89. The van der Waals surface area contributed by atoms with Crippen LogP contribution in [0.1, 0.15) is 39.7 Å². The number of sulfonamides is 1. The lowest BCUT2D eigenvalue weighted by Crippen LogP contribution is -2.51. The highest BCUT2D eigenvalue weighted by Gasteiger charge is 2.26. The van der Waals surface area contributed by atoms with Crippen LogP contribution in [0.15, 0.2) is 33.8 Å². The quantitative estimate of drug-likeness (QED) is 0.668. The summed E-state index contributed by atoms with van der Waals surface area (Å²) in [5.41, 5.74) is 7.29. The number of amides is 2. The van der Waals surface area contributed by atoms with Gasteiger partial charge in [-0.25, -0.2) is 8.42 Å². The predicted molar refractivity (Wildman–Crippen MR) is 99.5 cm³/mol. The van der Waals surface area contributed by atoms with Gasteiger partial charge in [-0.1, -0.05) is 6.07 Å². The molecule has 0 saturated heterocycles. The van der Waals surface area contributed by atoms with Crippen molar-refractivity contribution in [2.24, 2.45) is 0 Å². The van der Waals surface area contributed by atoms with Gasteiger partial charge in [-0.05, 0) is 69.0 Å². The number of hydrogen-bond acceptors (Lipinski definition) is 5. The van der Waals surface area contributed by atoms with Crippen molar-refractivity contribution in [3.05, 3.63) is 52.5 Å². The van der Waals surface area contributed by atoms with E-state index in [2.05, 4.69) is 15.6 Å². The first-order valence-electron chi connectivity index (χ1n) is 8.28. The first-order chi connectivity index (χ1) is 12.5. The third kappa shape index (κ3) is 4.55. The molecule has 0 spiro atoms.